The van der Waals surface area contributed by atoms with Crippen molar-refractivity contribution in [1.82, 2.24) is 4.90 Å². The number of hydrogen-bond donors (Lipinski definition) is 0. The molecule has 1 aromatic rings. The molecule has 0 N–H and O–H groups in total. The molecule has 2 rings (SSSR count). The number of carbonyl (C=O) groups is 2. The van der Waals surface area contributed by atoms with Crippen LogP contribution in [0.4, 0.5) is 11.4 Å². The van der Waals surface area contributed by atoms with E-state index in [4.69, 9.17) is 0 Å². The Kier molecular flexibility index (Phi) is 6.23. The van der Waals surface area contributed by atoms with E-state index in [2.05, 4.69) is 6.92 Å². The van der Waals surface area contributed by atoms with Crippen molar-refractivity contribution in [2.45, 2.75) is 33.1 Å². The molecule has 1 aromatic carbocycles. The van der Waals surface area contributed by atoms with Crippen LogP contribution in [0.2, 0.25) is 0 Å². The molecule has 24 heavy (non-hydrogen) atoms. The number of rotatable bonds is 5. The quantitative estimate of drug-likeness (QED) is 0.833. The van der Waals surface area contributed by atoms with Crippen LogP contribution in [0.3, 0.4) is 0 Å². The Morgan fingerprint density at radius 3 is 2.33 bits per heavy atom. The minimum absolute atomic E-state index is 0.0348. The molecule has 0 bridgehead atoms. The summed E-state index contributed by atoms with van der Waals surface area (Å²) in [5.74, 6) is 0.690. The minimum atomic E-state index is -0.0348. The summed E-state index contributed by atoms with van der Waals surface area (Å²) in [6.07, 6.45) is 2.65. The van der Waals surface area contributed by atoms with Gasteiger partial charge in [-0.25, -0.2) is 0 Å². The van der Waals surface area contributed by atoms with Gasteiger partial charge in [0, 0.05) is 58.4 Å². The Morgan fingerprint density at radius 2 is 1.79 bits per heavy atom. The topological polar surface area (TPSA) is 43.9 Å². The number of carbonyl (C=O) groups excluding carboxylic acids is 2. The van der Waals surface area contributed by atoms with Crippen LogP contribution in [0.25, 0.3) is 0 Å². The van der Waals surface area contributed by atoms with Gasteiger partial charge in [0.25, 0.3) is 0 Å². The lowest BCUT2D eigenvalue weighted by Gasteiger charge is -2.31. The normalized spacial score (nSPS) is 17.5. The van der Waals surface area contributed by atoms with Crippen molar-refractivity contribution in [3.63, 3.8) is 0 Å². The number of nitrogens with zero attached hydrogens (tertiary/aromatic N) is 3. The van der Waals surface area contributed by atoms with E-state index >= 15 is 0 Å². The maximum absolute atomic E-state index is 12.4. The molecular weight excluding hydrogens is 302 g/mol. The lowest BCUT2D eigenvalue weighted by molar-refractivity contribution is -0.132. The first-order valence-electron chi connectivity index (χ1n) is 8.71. The van der Waals surface area contributed by atoms with Crippen molar-refractivity contribution >= 4 is 23.2 Å². The second-order valence-corrected chi connectivity index (χ2v) is 6.92. The molecular formula is C19H29N3O2. The predicted molar refractivity (Wildman–Crippen MR) is 98.4 cm³/mol. The molecule has 0 spiro atoms. The minimum Gasteiger partial charge on any atom is -0.378 e. The van der Waals surface area contributed by atoms with E-state index in [0.717, 1.165) is 30.9 Å². The molecule has 1 unspecified atom stereocenters. The summed E-state index contributed by atoms with van der Waals surface area (Å²) in [6.45, 7) is 5.86. The van der Waals surface area contributed by atoms with E-state index in [1.165, 1.54) is 6.42 Å². The van der Waals surface area contributed by atoms with Crippen LogP contribution in [0.15, 0.2) is 24.3 Å². The molecule has 1 aliphatic heterocycles. The van der Waals surface area contributed by atoms with E-state index in [0.29, 0.717) is 18.9 Å². The number of benzene rings is 1. The molecule has 2 amide bonds. The van der Waals surface area contributed by atoms with E-state index in [9.17, 15) is 9.59 Å². The fourth-order valence-corrected chi connectivity index (χ4v) is 3.18. The summed E-state index contributed by atoms with van der Waals surface area (Å²) < 4.78 is 0. The van der Waals surface area contributed by atoms with Crippen molar-refractivity contribution < 1.29 is 9.59 Å². The molecule has 0 aromatic heterocycles. The Balaban J connectivity index is 1.98. The van der Waals surface area contributed by atoms with Crippen molar-refractivity contribution in [2.24, 2.45) is 5.92 Å². The SMILES string of the molecule is CC(=O)N(CCC(=O)N1CCCC(C)C1)c1ccc(N(C)C)cc1. The highest BCUT2D eigenvalue weighted by atomic mass is 16.2. The standard InChI is InChI=1S/C19H29N3O2/c1-15-6-5-12-21(14-15)19(24)11-13-22(16(2)23)18-9-7-17(8-10-18)20(3)4/h7-10,15H,5-6,11-14H2,1-4H3. The van der Waals surface area contributed by atoms with Crippen LogP contribution >= 0.6 is 0 Å². The third-order valence-electron chi connectivity index (χ3n) is 4.62. The molecule has 0 saturated carbocycles. The van der Waals surface area contributed by atoms with Gasteiger partial charge < -0.3 is 14.7 Å². The summed E-state index contributed by atoms with van der Waals surface area (Å²) in [4.78, 5) is 30.1. The highest BCUT2D eigenvalue weighted by molar-refractivity contribution is 5.92. The molecule has 5 nitrogen and oxygen atoms in total. The summed E-state index contributed by atoms with van der Waals surface area (Å²) in [5.41, 5.74) is 1.92. The first kappa shape index (κ1) is 18.3. The summed E-state index contributed by atoms with van der Waals surface area (Å²) in [7, 11) is 3.96. The van der Waals surface area contributed by atoms with Crippen LogP contribution < -0.4 is 9.80 Å². The second-order valence-electron chi connectivity index (χ2n) is 6.92. The van der Waals surface area contributed by atoms with Gasteiger partial charge in [-0.2, -0.15) is 0 Å². The highest BCUT2D eigenvalue weighted by Gasteiger charge is 2.22. The molecule has 1 heterocycles. The predicted octanol–water partition coefficient (Wildman–Crippen LogP) is 2.75. The number of likely N-dealkylation sites (tertiary alicyclic amines) is 1. The zero-order valence-electron chi connectivity index (χ0n) is 15.3. The van der Waals surface area contributed by atoms with Gasteiger partial charge in [0.1, 0.15) is 0 Å². The molecule has 1 saturated heterocycles. The van der Waals surface area contributed by atoms with E-state index in [-0.39, 0.29) is 11.8 Å². The van der Waals surface area contributed by atoms with Gasteiger partial charge in [-0.3, -0.25) is 9.59 Å². The first-order chi connectivity index (χ1) is 11.4. The second kappa shape index (κ2) is 8.18. The van der Waals surface area contributed by atoms with Gasteiger partial charge in [-0.1, -0.05) is 6.92 Å². The molecule has 0 radical (unpaired) electrons. The lowest BCUT2D eigenvalue weighted by atomic mass is 10.00. The van der Waals surface area contributed by atoms with Gasteiger partial charge in [-0.05, 0) is 43.0 Å². The Bertz CT molecular complexity index is 568. The number of amides is 2. The van der Waals surface area contributed by atoms with E-state index < -0.39 is 0 Å². The largest absolute Gasteiger partial charge is 0.378 e. The van der Waals surface area contributed by atoms with E-state index in [1.807, 2.05) is 48.2 Å². The fraction of sp³-hybridized carbons (Fsp3) is 0.579. The van der Waals surface area contributed by atoms with Crippen molar-refractivity contribution in [3.8, 4) is 0 Å². The van der Waals surface area contributed by atoms with Crippen LogP contribution in [0.5, 0.6) is 0 Å². The molecule has 5 heteroatoms. The summed E-state index contributed by atoms with van der Waals surface area (Å²) in [6, 6.07) is 7.84. The number of anilines is 2. The van der Waals surface area contributed by atoms with Gasteiger partial charge in [0.15, 0.2) is 0 Å². The smallest absolute Gasteiger partial charge is 0.224 e. The Hall–Kier alpha value is -2.04. The number of hydrogen-bond acceptors (Lipinski definition) is 3. The third kappa shape index (κ3) is 4.73. The number of piperidine rings is 1. The van der Waals surface area contributed by atoms with Crippen LogP contribution in [-0.2, 0) is 9.59 Å². The monoisotopic (exact) mass is 331 g/mol. The van der Waals surface area contributed by atoms with Gasteiger partial charge in [0.2, 0.25) is 11.8 Å². The molecule has 0 aliphatic carbocycles. The maximum atomic E-state index is 12.4. The van der Waals surface area contributed by atoms with Crippen LogP contribution in [0.1, 0.15) is 33.1 Å². The molecule has 132 valence electrons. The van der Waals surface area contributed by atoms with Gasteiger partial charge in [0.05, 0.1) is 0 Å². The van der Waals surface area contributed by atoms with E-state index in [1.54, 1.807) is 11.8 Å². The van der Waals surface area contributed by atoms with Crippen LogP contribution in [-0.4, -0.2) is 50.4 Å². The fourth-order valence-electron chi connectivity index (χ4n) is 3.18. The Morgan fingerprint density at radius 1 is 1.17 bits per heavy atom. The van der Waals surface area contributed by atoms with Crippen molar-refractivity contribution in [2.75, 3.05) is 43.5 Å². The highest BCUT2D eigenvalue weighted by Crippen LogP contribution is 2.21. The lowest BCUT2D eigenvalue weighted by Crippen LogP contribution is -2.41. The third-order valence-corrected chi connectivity index (χ3v) is 4.62. The molecule has 1 atom stereocenters. The molecule has 1 aliphatic rings. The molecule has 1 fully saturated rings. The van der Waals surface area contributed by atoms with Crippen molar-refractivity contribution in [1.29, 1.82) is 0 Å². The summed E-state index contributed by atoms with van der Waals surface area (Å²) in [5, 5.41) is 0. The summed E-state index contributed by atoms with van der Waals surface area (Å²) >= 11 is 0. The maximum Gasteiger partial charge on any atom is 0.224 e. The van der Waals surface area contributed by atoms with Crippen molar-refractivity contribution in [3.05, 3.63) is 24.3 Å². The van der Waals surface area contributed by atoms with Gasteiger partial charge in [-0.15, -0.1) is 0 Å². The zero-order valence-corrected chi connectivity index (χ0v) is 15.3. The first-order valence-corrected chi connectivity index (χ1v) is 8.71. The van der Waals surface area contributed by atoms with Crippen LogP contribution in [0, 0.1) is 5.92 Å². The van der Waals surface area contributed by atoms with Gasteiger partial charge >= 0.3 is 0 Å². The average Bonchev–Trinajstić information content (AvgIpc) is 2.55. The average molecular weight is 331 g/mol. The zero-order chi connectivity index (χ0) is 17.7. The Labute approximate surface area is 145 Å².